The van der Waals surface area contributed by atoms with Crippen LogP contribution in [0.15, 0.2) is 0 Å². The van der Waals surface area contributed by atoms with Gasteiger partial charge in [-0.05, 0) is 19.3 Å². The van der Waals surface area contributed by atoms with E-state index >= 15 is 0 Å². The van der Waals surface area contributed by atoms with Crippen molar-refractivity contribution < 1.29 is 9.84 Å². The molecule has 0 heterocycles. The molecule has 0 bridgehead atoms. The molecule has 0 aliphatic heterocycles. The predicted octanol–water partition coefficient (Wildman–Crippen LogP) is 1.71. The van der Waals surface area contributed by atoms with E-state index in [1.807, 2.05) is 0 Å². The molecule has 2 atom stereocenters. The molecule has 1 N–H and O–H groups in total. The molecule has 2 unspecified atom stereocenters. The van der Waals surface area contributed by atoms with E-state index in [0.29, 0.717) is 12.2 Å². The van der Waals surface area contributed by atoms with Crippen molar-refractivity contribution in [1.29, 1.82) is 0 Å². The summed E-state index contributed by atoms with van der Waals surface area (Å²) in [4.78, 5) is 0. The lowest BCUT2D eigenvalue weighted by Crippen LogP contribution is -2.56. The standard InChI is InChI=1S/C10H18O2/c1-10(2)8(11)6-9(10)12-7-4-3-5-7/h7-9,11H,3-6H2,1-2H3. The molecule has 0 aromatic carbocycles. The van der Waals surface area contributed by atoms with Gasteiger partial charge >= 0.3 is 0 Å². The van der Waals surface area contributed by atoms with Gasteiger partial charge in [-0.15, -0.1) is 0 Å². The molecule has 70 valence electrons. The van der Waals surface area contributed by atoms with Gasteiger partial charge in [-0.25, -0.2) is 0 Å². The van der Waals surface area contributed by atoms with E-state index in [2.05, 4.69) is 13.8 Å². The monoisotopic (exact) mass is 170 g/mol. The lowest BCUT2D eigenvalue weighted by Gasteiger charge is -2.50. The first kappa shape index (κ1) is 8.52. The van der Waals surface area contributed by atoms with Crippen molar-refractivity contribution in [3.8, 4) is 0 Å². The fraction of sp³-hybridized carbons (Fsp3) is 1.00. The summed E-state index contributed by atoms with van der Waals surface area (Å²) in [6.45, 7) is 4.18. The Hall–Kier alpha value is -0.0800. The molecular formula is C10H18O2. The fourth-order valence-electron chi connectivity index (χ4n) is 1.83. The molecule has 0 spiro atoms. The van der Waals surface area contributed by atoms with Gasteiger partial charge in [0.25, 0.3) is 0 Å². The molecule has 2 rings (SSSR count). The van der Waals surface area contributed by atoms with Gasteiger partial charge in [-0.1, -0.05) is 13.8 Å². The number of aliphatic hydroxyl groups excluding tert-OH is 1. The second-order valence-corrected chi connectivity index (χ2v) is 4.75. The molecular weight excluding hydrogens is 152 g/mol. The molecule has 12 heavy (non-hydrogen) atoms. The molecule has 2 heteroatoms. The SMILES string of the molecule is CC1(C)C(O)CC1OC1CCC1. The quantitative estimate of drug-likeness (QED) is 0.683. The summed E-state index contributed by atoms with van der Waals surface area (Å²) >= 11 is 0. The van der Waals surface area contributed by atoms with E-state index in [9.17, 15) is 5.11 Å². The maximum atomic E-state index is 9.47. The van der Waals surface area contributed by atoms with Crippen LogP contribution in [0.1, 0.15) is 39.5 Å². The van der Waals surface area contributed by atoms with Crippen molar-refractivity contribution in [2.24, 2.45) is 5.41 Å². The van der Waals surface area contributed by atoms with Gasteiger partial charge in [-0.3, -0.25) is 0 Å². The lowest BCUT2D eigenvalue weighted by atomic mass is 9.66. The summed E-state index contributed by atoms with van der Waals surface area (Å²) in [5.41, 5.74) is -0.00438. The Labute approximate surface area is 73.9 Å². The van der Waals surface area contributed by atoms with Crippen molar-refractivity contribution in [1.82, 2.24) is 0 Å². The summed E-state index contributed by atoms with van der Waals surface area (Å²) < 4.78 is 5.85. The highest BCUT2D eigenvalue weighted by Gasteiger charge is 2.49. The smallest absolute Gasteiger partial charge is 0.0679 e. The Bertz CT molecular complexity index is 173. The molecule has 2 aliphatic carbocycles. The molecule has 0 saturated heterocycles. The maximum Gasteiger partial charge on any atom is 0.0679 e. The van der Waals surface area contributed by atoms with Crippen LogP contribution in [0, 0.1) is 5.41 Å². The average Bonchev–Trinajstić information content (AvgIpc) is 1.93. The zero-order valence-corrected chi connectivity index (χ0v) is 7.92. The second kappa shape index (κ2) is 2.71. The van der Waals surface area contributed by atoms with E-state index < -0.39 is 0 Å². The highest BCUT2D eigenvalue weighted by atomic mass is 16.5. The number of hydrogen-bond acceptors (Lipinski definition) is 2. The highest BCUT2D eigenvalue weighted by Crippen LogP contribution is 2.44. The molecule has 0 amide bonds. The Kier molecular flexibility index (Phi) is 1.92. The first-order valence-electron chi connectivity index (χ1n) is 4.94. The van der Waals surface area contributed by atoms with Crippen LogP contribution in [-0.4, -0.2) is 23.4 Å². The third kappa shape index (κ3) is 1.17. The number of hydrogen-bond donors (Lipinski definition) is 1. The van der Waals surface area contributed by atoms with Gasteiger partial charge in [0, 0.05) is 11.8 Å². The van der Waals surface area contributed by atoms with E-state index in [-0.39, 0.29) is 11.5 Å². The van der Waals surface area contributed by atoms with Crippen LogP contribution in [0.3, 0.4) is 0 Å². The van der Waals surface area contributed by atoms with Gasteiger partial charge in [0.15, 0.2) is 0 Å². The molecule has 0 aromatic heterocycles. The number of ether oxygens (including phenoxy) is 1. The molecule has 2 nitrogen and oxygen atoms in total. The summed E-state index contributed by atoms with van der Waals surface area (Å²) in [6, 6.07) is 0. The van der Waals surface area contributed by atoms with Crippen LogP contribution in [0.25, 0.3) is 0 Å². The summed E-state index contributed by atoms with van der Waals surface area (Å²) in [5.74, 6) is 0. The van der Waals surface area contributed by atoms with E-state index in [1.54, 1.807) is 0 Å². The Morgan fingerprint density at radius 1 is 1.33 bits per heavy atom. The second-order valence-electron chi connectivity index (χ2n) is 4.75. The minimum atomic E-state index is -0.150. The van der Waals surface area contributed by atoms with Gasteiger partial charge < -0.3 is 9.84 Å². The molecule has 2 saturated carbocycles. The predicted molar refractivity (Wildman–Crippen MR) is 46.9 cm³/mol. The molecule has 2 aliphatic rings. The molecule has 0 aromatic rings. The molecule has 2 fully saturated rings. The van der Waals surface area contributed by atoms with Crippen molar-refractivity contribution >= 4 is 0 Å². The van der Waals surface area contributed by atoms with Crippen molar-refractivity contribution in [2.75, 3.05) is 0 Å². The first-order chi connectivity index (χ1) is 5.60. The highest BCUT2D eigenvalue weighted by molar-refractivity contribution is 4.98. The molecule has 0 radical (unpaired) electrons. The average molecular weight is 170 g/mol. The minimum absolute atomic E-state index is 0.00438. The van der Waals surface area contributed by atoms with Crippen LogP contribution in [0.2, 0.25) is 0 Å². The maximum absolute atomic E-state index is 9.47. The van der Waals surface area contributed by atoms with Crippen LogP contribution >= 0.6 is 0 Å². The van der Waals surface area contributed by atoms with Crippen LogP contribution in [0.5, 0.6) is 0 Å². The van der Waals surface area contributed by atoms with Gasteiger partial charge in [0.05, 0.1) is 18.3 Å². The van der Waals surface area contributed by atoms with Gasteiger partial charge in [0.2, 0.25) is 0 Å². The summed E-state index contributed by atoms with van der Waals surface area (Å²) in [5, 5.41) is 9.47. The third-order valence-electron chi connectivity index (χ3n) is 3.53. The van der Waals surface area contributed by atoms with Crippen molar-refractivity contribution in [2.45, 2.75) is 57.8 Å². The lowest BCUT2D eigenvalue weighted by molar-refractivity contribution is -0.205. The van der Waals surface area contributed by atoms with E-state index in [1.165, 1.54) is 19.3 Å². The van der Waals surface area contributed by atoms with Crippen molar-refractivity contribution in [3.63, 3.8) is 0 Å². The largest absolute Gasteiger partial charge is 0.392 e. The van der Waals surface area contributed by atoms with Gasteiger partial charge in [-0.2, -0.15) is 0 Å². The normalized spacial score (nSPS) is 40.2. The zero-order chi connectivity index (χ0) is 8.77. The van der Waals surface area contributed by atoms with Crippen LogP contribution < -0.4 is 0 Å². The minimum Gasteiger partial charge on any atom is -0.392 e. The van der Waals surface area contributed by atoms with Gasteiger partial charge in [0.1, 0.15) is 0 Å². The number of rotatable bonds is 2. The van der Waals surface area contributed by atoms with E-state index in [4.69, 9.17) is 4.74 Å². The number of aliphatic hydroxyl groups is 1. The summed E-state index contributed by atoms with van der Waals surface area (Å²) in [7, 11) is 0. The van der Waals surface area contributed by atoms with E-state index in [0.717, 1.165) is 6.42 Å². The van der Waals surface area contributed by atoms with Crippen LogP contribution in [0.4, 0.5) is 0 Å². The van der Waals surface area contributed by atoms with Crippen LogP contribution in [-0.2, 0) is 4.74 Å². The third-order valence-corrected chi connectivity index (χ3v) is 3.53. The Balaban J connectivity index is 1.82. The zero-order valence-electron chi connectivity index (χ0n) is 7.92. The Morgan fingerprint density at radius 2 is 2.00 bits per heavy atom. The first-order valence-corrected chi connectivity index (χ1v) is 4.94. The Morgan fingerprint density at radius 3 is 2.33 bits per heavy atom. The van der Waals surface area contributed by atoms with Crippen molar-refractivity contribution in [3.05, 3.63) is 0 Å². The fourth-order valence-corrected chi connectivity index (χ4v) is 1.83. The summed E-state index contributed by atoms with van der Waals surface area (Å²) in [6.07, 6.45) is 5.26. The topological polar surface area (TPSA) is 29.5 Å².